The number of fused-ring (bicyclic) bond motifs is 1. The lowest BCUT2D eigenvalue weighted by molar-refractivity contribution is 1.04. The number of rotatable bonds is 2. The van der Waals surface area contributed by atoms with E-state index in [4.69, 9.17) is 11.6 Å². The third-order valence-corrected chi connectivity index (χ3v) is 3.07. The highest BCUT2D eigenvalue weighted by Gasteiger charge is 2.24. The molecule has 3 rings (SSSR count). The molecule has 1 aliphatic carbocycles. The third kappa shape index (κ3) is 1.22. The van der Waals surface area contributed by atoms with Gasteiger partial charge in [0.15, 0.2) is 0 Å². The zero-order valence-electron chi connectivity index (χ0n) is 7.78. The normalized spacial score (nSPS) is 16.4. The van der Waals surface area contributed by atoms with Gasteiger partial charge < -0.3 is 4.40 Å². The van der Waals surface area contributed by atoms with Crippen LogP contribution in [-0.2, 0) is 5.88 Å². The van der Waals surface area contributed by atoms with Crippen molar-refractivity contribution >= 4 is 17.2 Å². The molecule has 72 valence electrons. The molecule has 3 heteroatoms. The average Bonchev–Trinajstić information content (AvgIpc) is 2.95. The molecule has 0 unspecified atom stereocenters. The molecule has 0 aliphatic heterocycles. The maximum atomic E-state index is 5.91. The average molecular weight is 207 g/mol. The lowest BCUT2D eigenvalue weighted by atomic mass is 10.1. The quantitative estimate of drug-likeness (QED) is 0.691. The molecule has 0 saturated heterocycles. The molecule has 0 spiro atoms. The van der Waals surface area contributed by atoms with E-state index in [2.05, 4.69) is 21.6 Å². The predicted molar refractivity (Wildman–Crippen MR) is 56.7 cm³/mol. The molecule has 2 nitrogen and oxygen atoms in total. The van der Waals surface area contributed by atoms with Gasteiger partial charge in [-0.2, -0.15) is 0 Å². The van der Waals surface area contributed by atoms with Gasteiger partial charge in [0, 0.05) is 24.2 Å². The summed E-state index contributed by atoms with van der Waals surface area (Å²) in [5.41, 5.74) is 3.54. The van der Waals surface area contributed by atoms with Crippen molar-refractivity contribution in [1.29, 1.82) is 0 Å². The van der Waals surface area contributed by atoms with Crippen molar-refractivity contribution < 1.29 is 0 Å². The zero-order chi connectivity index (χ0) is 9.54. The molecular weight excluding hydrogens is 196 g/mol. The van der Waals surface area contributed by atoms with Gasteiger partial charge in [0.25, 0.3) is 0 Å². The Balaban J connectivity index is 2.23. The fraction of sp³-hybridized carbons (Fsp3) is 0.364. The molecule has 1 fully saturated rings. The number of halogens is 1. The minimum atomic E-state index is 0.543. The SMILES string of the molecule is ClCc1cc(C2CC2)cn2ccnc12. The van der Waals surface area contributed by atoms with Crippen molar-refractivity contribution in [1.82, 2.24) is 9.38 Å². The fourth-order valence-electron chi connectivity index (χ4n) is 1.87. The topological polar surface area (TPSA) is 17.3 Å². The predicted octanol–water partition coefficient (Wildman–Crippen LogP) is 2.95. The van der Waals surface area contributed by atoms with Crippen molar-refractivity contribution in [2.75, 3.05) is 0 Å². The first kappa shape index (κ1) is 8.30. The van der Waals surface area contributed by atoms with Crippen molar-refractivity contribution in [3.63, 3.8) is 0 Å². The molecule has 0 amide bonds. The van der Waals surface area contributed by atoms with E-state index in [9.17, 15) is 0 Å². The smallest absolute Gasteiger partial charge is 0.141 e. The highest BCUT2D eigenvalue weighted by atomic mass is 35.5. The minimum Gasteiger partial charge on any atom is -0.307 e. The van der Waals surface area contributed by atoms with Gasteiger partial charge in [-0.25, -0.2) is 4.98 Å². The van der Waals surface area contributed by atoms with Crippen LogP contribution in [0.2, 0.25) is 0 Å². The summed E-state index contributed by atoms with van der Waals surface area (Å²) in [4.78, 5) is 4.29. The molecular formula is C11H11ClN2. The Labute approximate surface area is 87.5 Å². The Hall–Kier alpha value is -1.02. The molecule has 0 aromatic carbocycles. The van der Waals surface area contributed by atoms with Crippen LogP contribution in [0.3, 0.4) is 0 Å². The van der Waals surface area contributed by atoms with Crippen LogP contribution in [0.1, 0.15) is 29.9 Å². The van der Waals surface area contributed by atoms with Gasteiger partial charge in [-0.3, -0.25) is 0 Å². The minimum absolute atomic E-state index is 0.543. The molecule has 0 radical (unpaired) electrons. The Bertz CT molecular complexity index is 471. The van der Waals surface area contributed by atoms with Gasteiger partial charge >= 0.3 is 0 Å². The second kappa shape index (κ2) is 2.99. The maximum Gasteiger partial charge on any atom is 0.141 e. The van der Waals surface area contributed by atoms with Crippen LogP contribution in [0.4, 0.5) is 0 Å². The number of alkyl halides is 1. The van der Waals surface area contributed by atoms with Crippen molar-refractivity contribution in [3.8, 4) is 0 Å². The summed E-state index contributed by atoms with van der Waals surface area (Å²) in [7, 11) is 0. The molecule has 1 saturated carbocycles. The first-order valence-electron chi connectivity index (χ1n) is 4.90. The lowest BCUT2D eigenvalue weighted by Gasteiger charge is -2.04. The monoisotopic (exact) mass is 206 g/mol. The summed E-state index contributed by atoms with van der Waals surface area (Å²) >= 11 is 5.91. The summed E-state index contributed by atoms with van der Waals surface area (Å²) in [6, 6.07) is 2.20. The maximum absolute atomic E-state index is 5.91. The number of imidazole rings is 1. The summed E-state index contributed by atoms with van der Waals surface area (Å²) in [6.45, 7) is 0. The second-order valence-corrected chi connectivity index (χ2v) is 4.13. The van der Waals surface area contributed by atoms with Crippen molar-refractivity contribution in [2.45, 2.75) is 24.6 Å². The van der Waals surface area contributed by atoms with Crippen molar-refractivity contribution in [2.24, 2.45) is 0 Å². The molecule has 2 aromatic rings. The highest BCUT2D eigenvalue weighted by molar-refractivity contribution is 6.17. The Morgan fingerprint density at radius 1 is 1.50 bits per heavy atom. The molecule has 14 heavy (non-hydrogen) atoms. The standard InChI is InChI=1S/C11H11ClN2/c12-6-9-5-10(8-1-2-8)7-14-4-3-13-11(9)14/h3-5,7-8H,1-2,6H2. The molecule has 2 aromatic heterocycles. The van der Waals surface area contributed by atoms with Gasteiger partial charge in [-0.15, -0.1) is 11.6 Å². The van der Waals surface area contributed by atoms with Crippen LogP contribution in [0, 0.1) is 0 Å². The first-order valence-corrected chi connectivity index (χ1v) is 5.43. The zero-order valence-corrected chi connectivity index (χ0v) is 8.54. The van der Waals surface area contributed by atoms with Crippen LogP contribution in [-0.4, -0.2) is 9.38 Å². The summed E-state index contributed by atoms with van der Waals surface area (Å²) in [6.07, 6.45) is 8.62. The molecule has 1 aliphatic rings. The number of aromatic nitrogens is 2. The Morgan fingerprint density at radius 3 is 3.07 bits per heavy atom. The van der Waals surface area contributed by atoms with Gasteiger partial charge in [0.2, 0.25) is 0 Å². The lowest BCUT2D eigenvalue weighted by Crippen LogP contribution is -1.93. The van der Waals surface area contributed by atoms with E-state index in [1.807, 2.05) is 12.4 Å². The fourth-order valence-corrected chi connectivity index (χ4v) is 2.06. The van der Waals surface area contributed by atoms with Gasteiger partial charge in [0.1, 0.15) is 5.65 Å². The van der Waals surface area contributed by atoms with Crippen LogP contribution in [0.15, 0.2) is 24.7 Å². The van der Waals surface area contributed by atoms with Gasteiger partial charge in [0.05, 0.1) is 5.88 Å². The number of nitrogens with zero attached hydrogens (tertiary/aromatic N) is 2. The van der Waals surface area contributed by atoms with Crippen molar-refractivity contribution in [3.05, 3.63) is 35.8 Å². The summed E-state index contributed by atoms with van der Waals surface area (Å²) in [5, 5.41) is 0. The van der Waals surface area contributed by atoms with E-state index in [-0.39, 0.29) is 0 Å². The van der Waals surface area contributed by atoms with E-state index < -0.39 is 0 Å². The van der Waals surface area contributed by atoms with E-state index in [1.54, 1.807) is 0 Å². The first-order chi connectivity index (χ1) is 6.88. The van der Waals surface area contributed by atoms with Gasteiger partial charge in [-0.05, 0) is 30.4 Å². The molecule has 0 N–H and O–H groups in total. The summed E-state index contributed by atoms with van der Waals surface area (Å²) < 4.78 is 2.07. The highest BCUT2D eigenvalue weighted by Crippen LogP contribution is 2.40. The number of hydrogen-bond acceptors (Lipinski definition) is 1. The Morgan fingerprint density at radius 2 is 2.36 bits per heavy atom. The molecule has 0 bridgehead atoms. The number of pyridine rings is 1. The van der Waals surface area contributed by atoms with E-state index in [0.29, 0.717) is 5.88 Å². The van der Waals surface area contributed by atoms with Crippen LogP contribution >= 0.6 is 11.6 Å². The largest absolute Gasteiger partial charge is 0.307 e. The van der Waals surface area contributed by atoms with Crippen LogP contribution in [0.25, 0.3) is 5.65 Å². The molecule has 2 heterocycles. The molecule has 0 atom stereocenters. The van der Waals surface area contributed by atoms with E-state index >= 15 is 0 Å². The van der Waals surface area contributed by atoms with Crippen LogP contribution < -0.4 is 0 Å². The Kier molecular flexibility index (Phi) is 1.77. The second-order valence-electron chi connectivity index (χ2n) is 3.86. The number of hydrogen-bond donors (Lipinski definition) is 0. The summed E-state index contributed by atoms with van der Waals surface area (Å²) in [5.74, 6) is 1.31. The third-order valence-electron chi connectivity index (χ3n) is 2.78. The van der Waals surface area contributed by atoms with Crippen LogP contribution in [0.5, 0.6) is 0 Å². The van der Waals surface area contributed by atoms with Gasteiger partial charge in [-0.1, -0.05) is 0 Å². The van der Waals surface area contributed by atoms with E-state index in [1.165, 1.54) is 18.4 Å². The van der Waals surface area contributed by atoms with E-state index in [0.717, 1.165) is 17.1 Å².